The summed E-state index contributed by atoms with van der Waals surface area (Å²) in [7, 11) is -6.30. The second-order valence-corrected chi connectivity index (χ2v) is 10.3. The average molecular weight is 338 g/mol. The Morgan fingerprint density at radius 1 is 0.952 bits per heavy atom. The molecule has 0 aromatic rings. The van der Waals surface area contributed by atoms with E-state index in [-0.39, 0.29) is 18.4 Å². The van der Waals surface area contributed by atoms with Gasteiger partial charge in [-0.25, -0.2) is 21.1 Å². The van der Waals surface area contributed by atoms with Gasteiger partial charge in [0, 0.05) is 38.4 Å². The molecule has 2 heterocycles. The fraction of sp³-hybridized carbons (Fsp3) is 0.917. The standard InChI is InChI=1S/C12H22N2O5S2/c1-20(16,17)11-5-6-13(9-11)12(15)10-3-7-14(8-4-10)21(2,18)19/h10-11H,3-9H2,1-2H3/t11-/m0/s1. The number of hydrogen-bond acceptors (Lipinski definition) is 5. The Hall–Kier alpha value is -0.670. The molecule has 0 unspecified atom stereocenters. The lowest BCUT2D eigenvalue weighted by atomic mass is 9.97. The van der Waals surface area contributed by atoms with Gasteiger partial charge in [-0.2, -0.15) is 0 Å². The van der Waals surface area contributed by atoms with Gasteiger partial charge in [0.15, 0.2) is 9.84 Å². The van der Waals surface area contributed by atoms with Crippen molar-refractivity contribution in [3.8, 4) is 0 Å². The summed E-state index contributed by atoms with van der Waals surface area (Å²) in [6, 6.07) is 0. The summed E-state index contributed by atoms with van der Waals surface area (Å²) in [6.45, 7) is 1.46. The first kappa shape index (κ1) is 16.7. The number of likely N-dealkylation sites (tertiary alicyclic amines) is 1. The molecular weight excluding hydrogens is 316 g/mol. The normalized spacial score (nSPS) is 26.2. The Bertz CT molecular complexity index is 606. The molecule has 0 radical (unpaired) electrons. The second kappa shape index (κ2) is 5.85. The van der Waals surface area contributed by atoms with E-state index in [0.717, 1.165) is 0 Å². The van der Waals surface area contributed by atoms with Gasteiger partial charge < -0.3 is 4.90 Å². The predicted molar refractivity (Wildman–Crippen MR) is 79.0 cm³/mol. The van der Waals surface area contributed by atoms with Crippen molar-refractivity contribution in [1.82, 2.24) is 9.21 Å². The van der Waals surface area contributed by atoms with Gasteiger partial charge in [-0.05, 0) is 19.3 Å². The van der Waals surface area contributed by atoms with Crippen LogP contribution >= 0.6 is 0 Å². The summed E-state index contributed by atoms with van der Waals surface area (Å²) in [4.78, 5) is 14.0. The van der Waals surface area contributed by atoms with Crippen LogP contribution in [0, 0.1) is 5.92 Å². The SMILES string of the molecule is CS(=O)(=O)[C@H]1CCN(C(=O)C2CCN(S(C)(=O)=O)CC2)C1. The van der Waals surface area contributed by atoms with Crippen molar-refractivity contribution in [2.24, 2.45) is 5.92 Å². The average Bonchev–Trinajstić information content (AvgIpc) is 2.86. The zero-order chi connectivity index (χ0) is 15.8. The maximum absolute atomic E-state index is 12.4. The minimum atomic E-state index is -3.19. The fourth-order valence-electron chi connectivity index (χ4n) is 2.97. The third-order valence-corrected chi connectivity index (χ3v) is 7.23. The summed E-state index contributed by atoms with van der Waals surface area (Å²) >= 11 is 0. The van der Waals surface area contributed by atoms with Crippen molar-refractivity contribution >= 4 is 25.8 Å². The van der Waals surface area contributed by atoms with Gasteiger partial charge in [0.2, 0.25) is 15.9 Å². The van der Waals surface area contributed by atoms with Crippen molar-refractivity contribution in [1.29, 1.82) is 0 Å². The van der Waals surface area contributed by atoms with Crippen molar-refractivity contribution in [2.75, 3.05) is 38.7 Å². The summed E-state index contributed by atoms with van der Waals surface area (Å²) in [5, 5.41) is -0.461. The molecule has 0 spiro atoms. The molecule has 7 nitrogen and oxygen atoms in total. The monoisotopic (exact) mass is 338 g/mol. The first-order valence-electron chi connectivity index (χ1n) is 7.02. The van der Waals surface area contributed by atoms with Gasteiger partial charge in [-0.1, -0.05) is 0 Å². The highest BCUT2D eigenvalue weighted by molar-refractivity contribution is 7.91. The molecule has 2 rings (SSSR count). The lowest BCUT2D eigenvalue weighted by Crippen LogP contribution is -2.43. The molecule has 2 aliphatic rings. The van der Waals surface area contributed by atoms with Gasteiger partial charge in [0.05, 0.1) is 11.5 Å². The molecule has 21 heavy (non-hydrogen) atoms. The molecule has 0 saturated carbocycles. The van der Waals surface area contributed by atoms with Crippen molar-refractivity contribution in [3.63, 3.8) is 0 Å². The fourth-order valence-corrected chi connectivity index (χ4v) is 4.83. The summed E-state index contributed by atoms with van der Waals surface area (Å²) in [6.07, 6.45) is 3.88. The number of sulfone groups is 1. The molecule has 0 aromatic heterocycles. The third kappa shape index (κ3) is 3.95. The first-order valence-corrected chi connectivity index (χ1v) is 10.8. The molecule has 2 fully saturated rings. The highest BCUT2D eigenvalue weighted by Gasteiger charge is 2.37. The van der Waals surface area contributed by atoms with Crippen LogP contribution in [0.4, 0.5) is 0 Å². The van der Waals surface area contributed by atoms with Crippen LogP contribution in [0.5, 0.6) is 0 Å². The molecule has 0 bridgehead atoms. The first-order chi connectivity index (χ1) is 9.59. The molecule has 2 aliphatic heterocycles. The minimum Gasteiger partial charge on any atom is -0.341 e. The minimum absolute atomic E-state index is 0.0331. The van der Waals surface area contributed by atoms with E-state index in [9.17, 15) is 21.6 Å². The van der Waals surface area contributed by atoms with Crippen LogP contribution in [0.25, 0.3) is 0 Å². The van der Waals surface area contributed by atoms with E-state index in [1.54, 1.807) is 4.90 Å². The van der Waals surface area contributed by atoms with E-state index >= 15 is 0 Å². The largest absolute Gasteiger partial charge is 0.341 e. The molecule has 122 valence electrons. The Morgan fingerprint density at radius 2 is 1.52 bits per heavy atom. The van der Waals surface area contributed by atoms with E-state index in [1.807, 2.05) is 0 Å². The Morgan fingerprint density at radius 3 is 1.95 bits per heavy atom. The maximum atomic E-state index is 12.4. The van der Waals surface area contributed by atoms with Crippen molar-refractivity contribution < 1.29 is 21.6 Å². The Balaban J connectivity index is 1.92. The van der Waals surface area contributed by atoms with E-state index < -0.39 is 25.1 Å². The van der Waals surface area contributed by atoms with Crippen LogP contribution in [0.1, 0.15) is 19.3 Å². The van der Waals surface area contributed by atoms with Crippen LogP contribution in [-0.4, -0.2) is 75.9 Å². The number of nitrogens with zero attached hydrogens (tertiary/aromatic N) is 2. The quantitative estimate of drug-likeness (QED) is 0.679. The molecule has 0 aromatic carbocycles. The van der Waals surface area contributed by atoms with Crippen LogP contribution in [0.2, 0.25) is 0 Å². The number of carbonyl (C=O) groups is 1. The lowest BCUT2D eigenvalue weighted by molar-refractivity contribution is -0.135. The topological polar surface area (TPSA) is 91.8 Å². The molecule has 1 atom stereocenters. The van der Waals surface area contributed by atoms with Crippen LogP contribution in [0.15, 0.2) is 0 Å². The number of amides is 1. The van der Waals surface area contributed by atoms with Gasteiger partial charge in [0.25, 0.3) is 0 Å². The number of carbonyl (C=O) groups excluding carboxylic acids is 1. The Kier molecular flexibility index (Phi) is 4.65. The number of hydrogen-bond donors (Lipinski definition) is 0. The summed E-state index contributed by atoms with van der Waals surface area (Å²) in [5.41, 5.74) is 0. The van der Waals surface area contributed by atoms with E-state index in [1.165, 1.54) is 16.8 Å². The zero-order valence-corrected chi connectivity index (χ0v) is 14.0. The van der Waals surface area contributed by atoms with Crippen LogP contribution in [-0.2, 0) is 24.7 Å². The molecule has 0 N–H and O–H groups in total. The number of piperidine rings is 1. The highest BCUT2D eigenvalue weighted by atomic mass is 32.2. The van der Waals surface area contributed by atoms with E-state index in [4.69, 9.17) is 0 Å². The van der Waals surface area contributed by atoms with Crippen LogP contribution < -0.4 is 0 Å². The smallest absolute Gasteiger partial charge is 0.225 e. The van der Waals surface area contributed by atoms with Crippen molar-refractivity contribution in [2.45, 2.75) is 24.5 Å². The molecule has 2 saturated heterocycles. The summed E-state index contributed by atoms with van der Waals surface area (Å²) in [5.74, 6) is -0.226. The highest BCUT2D eigenvalue weighted by Crippen LogP contribution is 2.24. The molecular formula is C12H22N2O5S2. The maximum Gasteiger partial charge on any atom is 0.225 e. The molecule has 0 aliphatic carbocycles. The van der Waals surface area contributed by atoms with Crippen LogP contribution in [0.3, 0.4) is 0 Å². The predicted octanol–water partition coefficient (Wildman–Crippen LogP) is -0.696. The molecule has 1 amide bonds. The van der Waals surface area contributed by atoms with Gasteiger partial charge in [0.1, 0.15) is 0 Å². The number of sulfonamides is 1. The van der Waals surface area contributed by atoms with Gasteiger partial charge in [-0.3, -0.25) is 4.79 Å². The molecule has 9 heteroatoms. The Labute approximate surface area is 126 Å². The van der Waals surface area contributed by atoms with Gasteiger partial charge >= 0.3 is 0 Å². The van der Waals surface area contributed by atoms with E-state index in [0.29, 0.717) is 38.9 Å². The lowest BCUT2D eigenvalue weighted by Gasteiger charge is -2.31. The zero-order valence-electron chi connectivity index (χ0n) is 12.4. The third-order valence-electron chi connectivity index (χ3n) is 4.33. The van der Waals surface area contributed by atoms with Gasteiger partial charge in [-0.15, -0.1) is 0 Å². The summed E-state index contributed by atoms with van der Waals surface area (Å²) < 4.78 is 47.3. The second-order valence-electron chi connectivity index (χ2n) is 5.96. The van der Waals surface area contributed by atoms with Crippen molar-refractivity contribution in [3.05, 3.63) is 0 Å². The van der Waals surface area contributed by atoms with E-state index in [2.05, 4.69) is 0 Å². The number of rotatable bonds is 3.